The maximum Gasteiger partial charge on any atom is 0.0456 e. The van der Waals surface area contributed by atoms with Gasteiger partial charge in [-0.05, 0) is 56.3 Å². The number of aryl methyl sites for hydroxylation is 1. The summed E-state index contributed by atoms with van der Waals surface area (Å²) in [6, 6.07) is 14.6. The molecule has 0 spiro atoms. The summed E-state index contributed by atoms with van der Waals surface area (Å²) in [4.78, 5) is 3.47. The van der Waals surface area contributed by atoms with Gasteiger partial charge in [0.05, 0.1) is 0 Å². The van der Waals surface area contributed by atoms with Crippen LogP contribution in [0.5, 0.6) is 0 Å². The predicted octanol–water partition coefficient (Wildman–Crippen LogP) is 3.95. The fourth-order valence-corrected chi connectivity index (χ4v) is 3.04. The molecule has 0 aliphatic heterocycles. The van der Waals surface area contributed by atoms with E-state index >= 15 is 0 Å². The topological polar surface area (TPSA) is 38.0 Å². The number of anilines is 1. The molecule has 0 aromatic heterocycles. The number of benzene rings is 2. The third kappa shape index (κ3) is 3.45. The summed E-state index contributed by atoms with van der Waals surface area (Å²) in [5, 5.41) is 0. The van der Waals surface area contributed by atoms with E-state index in [4.69, 9.17) is 5.73 Å². The van der Waals surface area contributed by atoms with Crippen LogP contribution in [0, 0.1) is 6.92 Å². The van der Waals surface area contributed by atoms with Crippen LogP contribution in [0.1, 0.15) is 5.56 Å². The van der Waals surface area contributed by atoms with Crippen LogP contribution < -0.4 is 10.5 Å². The molecule has 4 heteroatoms. The van der Waals surface area contributed by atoms with Gasteiger partial charge in [-0.2, -0.15) is 0 Å². The molecule has 0 unspecified atom stereocenters. The Balaban J connectivity index is 2.22. The van der Waals surface area contributed by atoms with Gasteiger partial charge in [0.1, 0.15) is 0 Å². The molecule has 3 N–H and O–H groups in total. The summed E-state index contributed by atoms with van der Waals surface area (Å²) in [5.74, 6) is 0. The average molecular weight is 276 g/mol. The highest BCUT2D eigenvalue weighted by Crippen LogP contribution is 2.34. The van der Waals surface area contributed by atoms with Gasteiger partial charge < -0.3 is 5.73 Å². The summed E-state index contributed by atoms with van der Waals surface area (Å²) in [6.07, 6.45) is 0. The molecular formula is C14H16N2S2. The molecule has 2 rings (SSSR count). The molecule has 0 bridgehead atoms. The number of nitrogens with one attached hydrogen (secondary N) is 1. The highest BCUT2D eigenvalue weighted by atomic mass is 32.2. The van der Waals surface area contributed by atoms with Gasteiger partial charge in [0.15, 0.2) is 0 Å². The van der Waals surface area contributed by atoms with Crippen LogP contribution in [0.3, 0.4) is 0 Å². The second kappa shape index (κ2) is 6.18. The van der Waals surface area contributed by atoms with Gasteiger partial charge >= 0.3 is 0 Å². The van der Waals surface area contributed by atoms with E-state index in [1.165, 1.54) is 15.4 Å². The van der Waals surface area contributed by atoms with Crippen molar-refractivity contribution in [1.82, 2.24) is 4.72 Å². The van der Waals surface area contributed by atoms with Gasteiger partial charge in [-0.15, -0.1) is 0 Å². The van der Waals surface area contributed by atoms with Gasteiger partial charge in [0.2, 0.25) is 0 Å². The molecule has 2 aromatic rings. The van der Waals surface area contributed by atoms with Crippen molar-refractivity contribution in [1.29, 1.82) is 0 Å². The van der Waals surface area contributed by atoms with Gasteiger partial charge in [0.25, 0.3) is 0 Å². The molecular weight excluding hydrogens is 260 g/mol. The van der Waals surface area contributed by atoms with Crippen molar-refractivity contribution in [2.45, 2.75) is 21.6 Å². The first-order valence-electron chi connectivity index (χ1n) is 5.66. The van der Waals surface area contributed by atoms with Crippen molar-refractivity contribution in [2.24, 2.45) is 0 Å². The highest BCUT2D eigenvalue weighted by molar-refractivity contribution is 7.99. The molecule has 0 saturated carbocycles. The smallest absolute Gasteiger partial charge is 0.0456 e. The van der Waals surface area contributed by atoms with Crippen LogP contribution in [0.4, 0.5) is 5.69 Å². The standard InChI is InChI=1S/C14H16N2S2/c1-10-3-5-11(6-4-10)17-14-9-12(18-16-2)7-8-13(14)15/h3-9,16H,15H2,1-2H3. The maximum absolute atomic E-state index is 6.01. The van der Waals surface area contributed by atoms with Gasteiger partial charge in [-0.25, -0.2) is 0 Å². The lowest BCUT2D eigenvalue weighted by Crippen LogP contribution is -1.93. The van der Waals surface area contributed by atoms with Crippen molar-refractivity contribution >= 4 is 29.4 Å². The van der Waals surface area contributed by atoms with E-state index in [1.54, 1.807) is 23.7 Å². The molecule has 18 heavy (non-hydrogen) atoms. The summed E-state index contributed by atoms with van der Waals surface area (Å²) in [7, 11) is 1.91. The van der Waals surface area contributed by atoms with Gasteiger partial charge in [0, 0.05) is 20.4 Å². The van der Waals surface area contributed by atoms with Crippen molar-refractivity contribution < 1.29 is 0 Å². The molecule has 2 aromatic carbocycles. The van der Waals surface area contributed by atoms with Crippen molar-refractivity contribution in [3.63, 3.8) is 0 Å². The van der Waals surface area contributed by atoms with E-state index in [0.717, 1.165) is 10.6 Å². The number of rotatable bonds is 4. The number of hydrogen-bond donors (Lipinski definition) is 2. The maximum atomic E-state index is 6.01. The Labute approximate surface area is 116 Å². The second-order valence-corrected chi connectivity index (χ2v) is 6.12. The zero-order valence-corrected chi connectivity index (χ0v) is 12.1. The van der Waals surface area contributed by atoms with E-state index < -0.39 is 0 Å². The lowest BCUT2D eigenvalue weighted by atomic mass is 10.2. The highest BCUT2D eigenvalue weighted by Gasteiger charge is 2.04. The molecule has 94 valence electrons. The predicted molar refractivity (Wildman–Crippen MR) is 81.1 cm³/mol. The molecule has 2 nitrogen and oxygen atoms in total. The Morgan fingerprint density at radius 2 is 1.67 bits per heavy atom. The fourth-order valence-electron chi connectivity index (χ4n) is 1.52. The van der Waals surface area contributed by atoms with Gasteiger partial charge in [-0.3, -0.25) is 4.72 Å². The minimum absolute atomic E-state index is 0.820. The third-order valence-corrected chi connectivity index (χ3v) is 4.23. The van der Waals surface area contributed by atoms with Crippen LogP contribution in [0.2, 0.25) is 0 Å². The quantitative estimate of drug-likeness (QED) is 0.655. The normalized spacial score (nSPS) is 10.6. The molecule has 0 fully saturated rings. The van der Waals surface area contributed by atoms with Crippen LogP contribution in [-0.4, -0.2) is 7.05 Å². The van der Waals surface area contributed by atoms with Gasteiger partial charge in [-0.1, -0.05) is 29.5 Å². The molecule has 0 saturated heterocycles. The van der Waals surface area contributed by atoms with Crippen molar-refractivity contribution in [3.05, 3.63) is 48.0 Å². The van der Waals surface area contributed by atoms with E-state index in [9.17, 15) is 0 Å². The molecule has 0 aliphatic carbocycles. The lowest BCUT2D eigenvalue weighted by molar-refractivity contribution is 1.25. The van der Waals surface area contributed by atoms with E-state index in [2.05, 4.69) is 42.0 Å². The first-order valence-corrected chi connectivity index (χ1v) is 7.30. The largest absolute Gasteiger partial charge is 0.398 e. The lowest BCUT2D eigenvalue weighted by Gasteiger charge is -2.08. The Morgan fingerprint density at radius 1 is 1.00 bits per heavy atom. The number of hydrogen-bond acceptors (Lipinski definition) is 4. The van der Waals surface area contributed by atoms with E-state index in [0.29, 0.717) is 0 Å². The summed E-state index contributed by atoms with van der Waals surface area (Å²) < 4.78 is 3.07. The number of nitrogen functional groups attached to an aromatic ring is 1. The Morgan fingerprint density at radius 3 is 2.33 bits per heavy atom. The zero-order valence-electron chi connectivity index (χ0n) is 10.4. The van der Waals surface area contributed by atoms with Crippen molar-refractivity contribution in [3.8, 4) is 0 Å². The first-order chi connectivity index (χ1) is 8.69. The third-order valence-electron chi connectivity index (χ3n) is 2.45. The van der Waals surface area contributed by atoms with Crippen LogP contribution in [0.15, 0.2) is 57.2 Å². The van der Waals surface area contributed by atoms with Crippen LogP contribution in [0.25, 0.3) is 0 Å². The Bertz CT molecular complexity index is 524. The minimum Gasteiger partial charge on any atom is -0.398 e. The number of nitrogens with two attached hydrogens (primary N) is 1. The molecule has 0 heterocycles. The van der Waals surface area contributed by atoms with Crippen LogP contribution in [-0.2, 0) is 0 Å². The first kappa shape index (κ1) is 13.3. The summed E-state index contributed by atoms with van der Waals surface area (Å²) in [5.41, 5.74) is 8.10. The fraction of sp³-hybridized carbons (Fsp3) is 0.143. The van der Waals surface area contributed by atoms with Crippen molar-refractivity contribution in [2.75, 3.05) is 12.8 Å². The van der Waals surface area contributed by atoms with E-state index in [-0.39, 0.29) is 0 Å². The summed E-state index contributed by atoms with van der Waals surface area (Å²) >= 11 is 3.29. The zero-order chi connectivity index (χ0) is 13.0. The SMILES string of the molecule is CNSc1ccc(N)c(Sc2ccc(C)cc2)c1. The Hall–Kier alpha value is -1.10. The Kier molecular flexibility index (Phi) is 4.58. The van der Waals surface area contributed by atoms with Crippen LogP contribution >= 0.6 is 23.7 Å². The minimum atomic E-state index is 0.820. The molecule has 0 radical (unpaired) electrons. The second-order valence-electron chi connectivity index (χ2n) is 3.92. The molecule has 0 atom stereocenters. The molecule has 0 aliphatic rings. The molecule has 0 amide bonds. The monoisotopic (exact) mass is 276 g/mol. The van der Waals surface area contributed by atoms with E-state index in [1.807, 2.05) is 19.2 Å². The summed E-state index contributed by atoms with van der Waals surface area (Å²) in [6.45, 7) is 2.09. The average Bonchev–Trinajstić information content (AvgIpc) is 2.36.